The van der Waals surface area contributed by atoms with Gasteiger partial charge in [-0.15, -0.1) is 11.3 Å². The number of thiophene rings is 1. The van der Waals surface area contributed by atoms with Crippen molar-refractivity contribution in [3.05, 3.63) is 20.8 Å². The van der Waals surface area contributed by atoms with Crippen LogP contribution < -0.4 is 5.73 Å². The van der Waals surface area contributed by atoms with Crippen LogP contribution in [0.2, 0.25) is 5.02 Å². The Morgan fingerprint density at radius 2 is 2.33 bits per heavy atom. The van der Waals surface area contributed by atoms with E-state index in [2.05, 4.69) is 0 Å². The number of halogens is 1. The summed E-state index contributed by atoms with van der Waals surface area (Å²) in [7, 11) is 1.77. The van der Waals surface area contributed by atoms with Crippen molar-refractivity contribution in [2.45, 2.75) is 13.3 Å². The smallest absolute Gasteiger partial charge is 0.265 e. The van der Waals surface area contributed by atoms with Gasteiger partial charge in [0.2, 0.25) is 0 Å². The highest BCUT2D eigenvalue weighted by Crippen LogP contribution is 2.27. The highest BCUT2D eigenvalue weighted by atomic mass is 35.5. The summed E-state index contributed by atoms with van der Waals surface area (Å²) >= 11 is 7.41. The molecule has 0 unspecified atom stereocenters. The summed E-state index contributed by atoms with van der Waals surface area (Å²) in [4.78, 5) is 14.2. The number of hydrogen-bond donors (Lipinski definition) is 1. The summed E-state index contributed by atoms with van der Waals surface area (Å²) in [6.45, 7) is 3.16. The Morgan fingerprint density at radius 1 is 1.67 bits per heavy atom. The highest BCUT2D eigenvalue weighted by molar-refractivity contribution is 7.13. The fraction of sp³-hybridized carbons (Fsp3) is 0.500. The first-order valence-electron chi connectivity index (χ1n) is 4.77. The number of carbonyl (C=O) groups is 1. The lowest BCUT2D eigenvalue weighted by molar-refractivity contribution is 0.0799. The van der Waals surface area contributed by atoms with Crippen molar-refractivity contribution in [1.82, 2.24) is 4.90 Å². The van der Waals surface area contributed by atoms with Crippen molar-refractivity contribution in [3.8, 4) is 0 Å². The van der Waals surface area contributed by atoms with Crippen molar-refractivity contribution in [2.75, 3.05) is 20.1 Å². The van der Waals surface area contributed by atoms with Crippen LogP contribution >= 0.6 is 22.9 Å². The Bertz CT molecular complexity index is 351. The molecule has 0 fully saturated rings. The minimum atomic E-state index is -0.0217. The first-order valence-corrected chi connectivity index (χ1v) is 6.02. The Morgan fingerprint density at radius 3 is 2.80 bits per heavy atom. The molecule has 2 N–H and O–H groups in total. The van der Waals surface area contributed by atoms with Crippen molar-refractivity contribution in [3.63, 3.8) is 0 Å². The molecule has 15 heavy (non-hydrogen) atoms. The third-order valence-corrected chi connectivity index (χ3v) is 3.82. The van der Waals surface area contributed by atoms with E-state index in [0.717, 1.165) is 12.0 Å². The van der Waals surface area contributed by atoms with E-state index in [1.807, 2.05) is 12.3 Å². The second kappa shape index (κ2) is 5.49. The summed E-state index contributed by atoms with van der Waals surface area (Å²) < 4.78 is 0. The van der Waals surface area contributed by atoms with Gasteiger partial charge >= 0.3 is 0 Å². The molecule has 5 heteroatoms. The normalized spacial score (nSPS) is 10.4. The molecule has 0 aliphatic carbocycles. The second-order valence-electron chi connectivity index (χ2n) is 3.43. The largest absolute Gasteiger partial charge is 0.341 e. The van der Waals surface area contributed by atoms with Crippen LogP contribution in [-0.4, -0.2) is 30.9 Å². The monoisotopic (exact) mass is 246 g/mol. The number of carbonyl (C=O) groups excluding carboxylic acids is 1. The zero-order chi connectivity index (χ0) is 11.4. The lowest BCUT2D eigenvalue weighted by atomic mass is 10.3. The maximum Gasteiger partial charge on any atom is 0.265 e. The molecule has 0 bridgehead atoms. The number of amides is 1. The zero-order valence-corrected chi connectivity index (χ0v) is 10.5. The van der Waals surface area contributed by atoms with Crippen molar-refractivity contribution in [1.29, 1.82) is 0 Å². The molecule has 0 aromatic carbocycles. The number of hydrogen-bond acceptors (Lipinski definition) is 3. The maximum atomic E-state index is 11.9. The molecular formula is C10H15ClN2OS. The van der Waals surface area contributed by atoms with Gasteiger partial charge in [0.1, 0.15) is 4.88 Å². The zero-order valence-electron chi connectivity index (χ0n) is 8.92. The lowest BCUT2D eigenvalue weighted by Crippen LogP contribution is -2.28. The van der Waals surface area contributed by atoms with Crippen LogP contribution in [0.15, 0.2) is 5.38 Å². The van der Waals surface area contributed by atoms with Crippen molar-refractivity contribution in [2.24, 2.45) is 5.73 Å². The molecule has 3 nitrogen and oxygen atoms in total. The lowest BCUT2D eigenvalue weighted by Gasteiger charge is -2.15. The topological polar surface area (TPSA) is 46.3 Å². The maximum absolute atomic E-state index is 11.9. The van der Waals surface area contributed by atoms with Crippen LogP contribution in [0.5, 0.6) is 0 Å². The summed E-state index contributed by atoms with van der Waals surface area (Å²) in [5, 5.41) is 2.47. The minimum absolute atomic E-state index is 0.0217. The average molecular weight is 247 g/mol. The minimum Gasteiger partial charge on any atom is -0.341 e. The van der Waals surface area contributed by atoms with Gasteiger partial charge < -0.3 is 10.6 Å². The SMILES string of the molecule is Cc1csc(C(=O)N(C)CCCN)c1Cl. The Labute approximate surface area is 98.8 Å². The molecule has 84 valence electrons. The quantitative estimate of drug-likeness (QED) is 0.885. The molecule has 1 rings (SSSR count). The molecule has 0 saturated heterocycles. The number of nitrogens with zero attached hydrogens (tertiary/aromatic N) is 1. The van der Waals surface area contributed by atoms with Gasteiger partial charge in [0, 0.05) is 13.6 Å². The summed E-state index contributed by atoms with van der Waals surface area (Å²) in [6, 6.07) is 0. The second-order valence-corrected chi connectivity index (χ2v) is 4.69. The summed E-state index contributed by atoms with van der Waals surface area (Å²) in [5.41, 5.74) is 6.34. The summed E-state index contributed by atoms with van der Waals surface area (Å²) in [6.07, 6.45) is 0.810. The van der Waals surface area contributed by atoms with E-state index in [1.54, 1.807) is 11.9 Å². The van der Waals surface area contributed by atoms with Gasteiger partial charge in [-0.05, 0) is 30.8 Å². The third kappa shape index (κ3) is 2.93. The van der Waals surface area contributed by atoms with E-state index in [-0.39, 0.29) is 5.91 Å². The van der Waals surface area contributed by atoms with Gasteiger partial charge in [0.25, 0.3) is 5.91 Å². The van der Waals surface area contributed by atoms with Crippen molar-refractivity contribution < 1.29 is 4.79 Å². The van der Waals surface area contributed by atoms with E-state index >= 15 is 0 Å². The van der Waals surface area contributed by atoms with Gasteiger partial charge in [-0.25, -0.2) is 0 Å². The number of aryl methyl sites for hydroxylation is 1. The molecule has 1 aromatic heterocycles. The van der Waals surface area contributed by atoms with Gasteiger partial charge in [-0.3, -0.25) is 4.79 Å². The van der Waals surface area contributed by atoms with E-state index in [0.29, 0.717) is 23.0 Å². The highest BCUT2D eigenvalue weighted by Gasteiger charge is 2.17. The van der Waals surface area contributed by atoms with E-state index in [1.165, 1.54) is 11.3 Å². The van der Waals surface area contributed by atoms with Crippen LogP contribution in [0, 0.1) is 6.92 Å². The van der Waals surface area contributed by atoms with E-state index in [4.69, 9.17) is 17.3 Å². The molecule has 0 atom stereocenters. The number of nitrogens with two attached hydrogens (primary N) is 1. The first-order chi connectivity index (χ1) is 7.07. The van der Waals surface area contributed by atoms with E-state index in [9.17, 15) is 4.79 Å². The van der Waals surface area contributed by atoms with Crippen LogP contribution in [0.3, 0.4) is 0 Å². The average Bonchev–Trinajstić information content (AvgIpc) is 2.55. The Hall–Kier alpha value is -0.580. The molecule has 1 aromatic rings. The molecule has 0 aliphatic heterocycles. The van der Waals surface area contributed by atoms with Gasteiger partial charge in [-0.1, -0.05) is 11.6 Å². The fourth-order valence-electron chi connectivity index (χ4n) is 1.18. The predicted molar refractivity (Wildman–Crippen MR) is 64.7 cm³/mol. The first kappa shape index (κ1) is 12.5. The van der Waals surface area contributed by atoms with Crippen LogP contribution in [-0.2, 0) is 0 Å². The van der Waals surface area contributed by atoms with Gasteiger partial charge in [0.15, 0.2) is 0 Å². The molecule has 1 heterocycles. The van der Waals surface area contributed by atoms with Gasteiger partial charge in [-0.2, -0.15) is 0 Å². The predicted octanol–water partition coefficient (Wildman–Crippen LogP) is 2.13. The van der Waals surface area contributed by atoms with Crippen LogP contribution in [0.4, 0.5) is 0 Å². The molecular weight excluding hydrogens is 232 g/mol. The standard InChI is InChI=1S/C10H15ClN2OS/c1-7-6-15-9(8(7)11)10(14)13(2)5-3-4-12/h6H,3-5,12H2,1-2H3. The van der Waals surface area contributed by atoms with E-state index < -0.39 is 0 Å². The molecule has 0 radical (unpaired) electrons. The Balaban J connectivity index is 2.72. The van der Waals surface area contributed by atoms with Crippen LogP contribution in [0.25, 0.3) is 0 Å². The summed E-state index contributed by atoms with van der Waals surface area (Å²) in [5.74, 6) is -0.0217. The number of rotatable bonds is 4. The molecule has 0 spiro atoms. The third-order valence-electron chi connectivity index (χ3n) is 2.14. The fourth-order valence-corrected chi connectivity index (χ4v) is 2.44. The Kier molecular flexibility index (Phi) is 4.57. The van der Waals surface area contributed by atoms with Crippen molar-refractivity contribution >= 4 is 28.8 Å². The molecule has 1 amide bonds. The molecule has 0 aliphatic rings. The van der Waals surface area contributed by atoms with Crippen LogP contribution in [0.1, 0.15) is 21.7 Å². The van der Waals surface area contributed by atoms with Gasteiger partial charge in [0.05, 0.1) is 5.02 Å². The molecule has 0 saturated carbocycles.